The molecule has 4 rings (SSSR count). The smallest absolute Gasteiger partial charge is 0.227 e. The minimum Gasteiger partial charge on any atom is -0.340 e. The monoisotopic (exact) mass is 323 g/mol. The zero-order valence-electron chi connectivity index (χ0n) is 13.0. The fraction of sp³-hybridized carbons (Fsp3) is 0.267. The zero-order valence-corrected chi connectivity index (χ0v) is 13.0. The summed E-state index contributed by atoms with van der Waals surface area (Å²) in [7, 11) is 0. The van der Waals surface area contributed by atoms with Crippen LogP contribution >= 0.6 is 0 Å². The van der Waals surface area contributed by atoms with E-state index in [0.29, 0.717) is 5.82 Å². The summed E-state index contributed by atoms with van der Waals surface area (Å²) >= 11 is 0. The van der Waals surface area contributed by atoms with Crippen molar-refractivity contribution in [2.45, 2.75) is 0 Å². The van der Waals surface area contributed by atoms with Crippen LogP contribution in [0.1, 0.15) is 0 Å². The molecule has 24 heavy (non-hydrogen) atoms. The summed E-state index contributed by atoms with van der Waals surface area (Å²) in [6.07, 6.45) is 1.78. The molecule has 3 aromatic rings. The molecule has 2 aromatic heterocycles. The zero-order chi connectivity index (χ0) is 16.2. The molecule has 1 saturated heterocycles. The second-order valence-corrected chi connectivity index (χ2v) is 5.43. The van der Waals surface area contributed by atoms with Gasteiger partial charge in [-0.3, -0.25) is 0 Å². The van der Waals surface area contributed by atoms with Crippen LogP contribution in [-0.2, 0) is 0 Å². The summed E-state index contributed by atoms with van der Waals surface area (Å²) in [5.41, 5.74) is 1.87. The molecule has 9 heteroatoms. The fourth-order valence-corrected chi connectivity index (χ4v) is 2.58. The van der Waals surface area contributed by atoms with Gasteiger partial charge in [0.25, 0.3) is 0 Å². The van der Waals surface area contributed by atoms with Crippen molar-refractivity contribution in [1.29, 1.82) is 0 Å². The fourth-order valence-electron chi connectivity index (χ4n) is 2.58. The molecule has 0 atom stereocenters. The van der Waals surface area contributed by atoms with Gasteiger partial charge in [0.15, 0.2) is 5.82 Å². The molecule has 0 saturated carbocycles. The summed E-state index contributed by atoms with van der Waals surface area (Å²) in [5.74, 6) is 2.17. The summed E-state index contributed by atoms with van der Waals surface area (Å²) in [4.78, 5) is 11.2. The third-order valence-corrected chi connectivity index (χ3v) is 3.82. The number of tetrazole rings is 1. The van der Waals surface area contributed by atoms with E-state index in [9.17, 15) is 0 Å². The molecule has 0 amide bonds. The lowest BCUT2D eigenvalue weighted by molar-refractivity contribution is 0.580. The lowest BCUT2D eigenvalue weighted by atomic mass is 10.2. The normalized spacial score (nSPS) is 14.6. The van der Waals surface area contributed by atoms with Crippen LogP contribution in [0.3, 0.4) is 0 Å². The maximum atomic E-state index is 4.60. The Bertz CT molecular complexity index is 779. The van der Waals surface area contributed by atoms with E-state index in [0.717, 1.165) is 49.2 Å². The number of anilines is 3. The van der Waals surface area contributed by atoms with Gasteiger partial charge in [-0.1, -0.05) is 0 Å². The highest BCUT2D eigenvalue weighted by molar-refractivity contribution is 5.63. The van der Waals surface area contributed by atoms with Crippen LogP contribution in [0.15, 0.2) is 36.5 Å². The number of H-pyrrole nitrogens is 1. The number of hydrogen-bond donors (Lipinski definition) is 3. The number of rotatable bonds is 4. The molecule has 0 unspecified atom stereocenters. The van der Waals surface area contributed by atoms with Gasteiger partial charge in [0.05, 0.1) is 0 Å². The molecule has 1 aromatic carbocycles. The molecular formula is C15H17N9. The van der Waals surface area contributed by atoms with Crippen LogP contribution in [0.25, 0.3) is 11.4 Å². The third-order valence-electron chi connectivity index (χ3n) is 3.82. The predicted molar refractivity (Wildman–Crippen MR) is 90.0 cm³/mol. The SMILES string of the molecule is c1cc(Nc2ccc(-c3nnn[nH]3)cc2)nc(N2CCNCC2)n1. The van der Waals surface area contributed by atoms with E-state index in [1.54, 1.807) is 6.20 Å². The van der Waals surface area contributed by atoms with Crippen LogP contribution in [0.5, 0.6) is 0 Å². The molecule has 0 aliphatic carbocycles. The number of nitrogens with one attached hydrogen (secondary N) is 3. The van der Waals surface area contributed by atoms with Gasteiger partial charge >= 0.3 is 0 Å². The standard InChI is InChI=1S/C15H17N9/c1-3-12(4-2-11(1)14-20-22-23-21-14)18-13-5-6-17-15(19-13)24-9-7-16-8-10-24/h1-6,16H,7-10H2,(H,17,18,19)(H,20,21,22,23). The summed E-state index contributed by atoms with van der Waals surface area (Å²) in [6.45, 7) is 3.75. The highest BCUT2D eigenvalue weighted by Gasteiger charge is 2.13. The minimum absolute atomic E-state index is 0.643. The van der Waals surface area contributed by atoms with Gasteiger partial charge in [0.2, 0.25) is 5.95 Å². The van der Waals surface area contributed by atoms with Gasteiger partial charge in [-0.15, -0.1) is 5.10 Å². The maximum Gasteiger partial charge on any atom is 0.227 e. The van der Waals surface area contributed by atoms with Crippen molar-refractivity contribution < 1.29 is 0 Å². The molecule has 1 fully saturated rings. The quantitative estimate of drug-likeness (QED) is 0.647. The second-order valence-electron chi connectivity index (χ2n) is 5.43. The molecule has 0 radical (unpaired) electrons. The molecule has 9 nitrogen and oxygen atoms in total. The Hall–Kier alpha value is -3.07. The van der Waals surface area contributed by atoms with Crippen LogP contribution in [0.2, 0.25) is 0 Å². The number of aromatic amines is 1. The van der Waals surface area contributed by atoms with E-state index in [1.807, 2.05) is 30.3 Å². The lowest BCUT2D eigenvalue weighted by Gasteiger charge is -2.27. The molecule has 3 N–H and O–H groups in total. The predicted octanol–water partition coefficient (Wildman–Crippen LogP) is 0.810. The van der Waals surface area contributed by atoms with Crippen molar-refractivity contribution in [3.8, 4) is 11.4 Å². The van der Waals surface area contributed by atoms with E-state index >= 15 is 0 Å². The summed E-state index contributed by atoms with van der Waals surface area (Å²) < 4.78 is 0. The second kappa shape index (κ2) is 6.59. The molecule has 0 bridgehead atoms. The first-order valence-corrected chi connectivity index (χ1v) is 7.78. The van der Waals surface area contributed by atoms with E-state index in [2.05, 4.69) is 46.1 Å². The van der Waals surface area contributed by atoms with Gasteiger partial charge in [-0.25, -0.2) is 10.1 Å². The summed E-state index contributed by atoms with van der Waals surface area (Å²) in [6, 6.07) is 9.68. The molecule has 122 valence electrons. The average molecular weight is 323 g/mol. The van der Waals surface area contributed by atoms with Crippen molar-refractivity contribution in [1.82, 2.24) is 35.9 Å². The van der Waals surface area contributed by atoms with E-state index in [1.165, 1.54) is 0 Å². The number of aromatic nitrogens is 6. The first kappa shape index (κ1) is 14.5. The molecule has 0 spiro atoms. The Morgan fingerprint density at radius 2 is 1.88 bits per heavy atom. The number of nitrogens with zero attached hydrogens (tertiary/aromatic N) is 6. The highest BCUT2D eigenvalue weighted by Crippen LogP contribution is 2.20. The Morgan fingerprint density at radius 3 is 2.62 bits per heavy atom. The van der Waals surface area contributed by atoms with Gasteiger partial charge in [-0.05, 0) is 40.8 Å². The van der Waals surface area contributed by atoms with Gasteiger partial charge in [-0.2, -0.15) is 4.98 Å². The van der Waals surface area contributed by atoms with Crippen molar-refractivity contribution in [3.63, 3.8) is 0 Å². The molecule has 1 aliphatic heterocycles. The molecular weight excluding hydrogens is 306 g/mol. The minimum atomic E-state index is 0.643. The van der Waals surface area contributed by atoms with Crippen LogP contribution < -0.4 is 15.5 Å². The van der Waals surface area contributed by atoms with E-state index < -0.39 is 0 Å². The molecule has 1 aliphatic rings. The number of piperazine rings is 1. The largest absolute Gasteiger partial charge is 0.340 e. The Morgan fingerprint density at radius 1 is 1.04 bits per heavy atom. The Labute approximate surface area is 138 Å². The maximum absolute atomic E-state index is 4.60. The van der Waals surface area contributed by atoms with Crippen molar-refractivity contribution in [2.24, 2.45) is 0 Å². The van der Waals surface area contributed by atoms with Gasteiger partial charge < -0.3 is 15.5 Å². The highest BCUT2D eigenvalue weighted by atomic mass is 15.5. The first-order valence-electron chi connectivity index (χ1n) is 7.78. The van der Waals surface area contributed by atoms with Gasteiger partial charge in [0, 0.05) is 43.6 Å². The van der Waals surface area contributed by atoms with Crippen molar-refractivity contribution in [2.75, 3.05) is 36.4 Å². The molecule has 3 heterocycles. The van der Waals surface area contributed by atoms with Crippen molar-refractivity contribution >= 4 is 17.5 Å². The Kier molecular flexibility index (Phi) is 3.98. The number of hydrogen-bond acceptors (Lipinski definition) is 8. The van der Waals surface area contributed by atoms with Crippen molar-refractivity contribution in [3.05, 3.63) is 36.5 Å². The lowest BCUT2D eigenvalue weighted by Crippen LogP contribution is -2.44. The topological polar surface area (TPSA) is 108 Å². The average Bonchev–Trinajstić information content (AvgIpc) is 3.18. The first-order chi connectivity index (χ1) is 11.9. The summed E-state index contributed by atoms with van der Waals surface area (Å²) in [5, 5.41) is 20.4. The van der Waals surface area contributed by atoms with Crippen LogP contribution in [0, 0.1) is 0 Å². The van der Waals surface area contributed by atoms with Crippen LogP contribution in [-0.4, -0.2) is 56.8 Å². The number of benzene rings is 1. The van der Waals surface area contributed by atoms with E-state index in [-0.39, 0.29) is 0 Å². The third kappa shape index (κ3) is 3.15. The van der Waals surface area contributed by atoms with Crippen LogP contribution in [0.4, 0.5) is 17.5 Å². The Balaban J connectivity index is 1.48. The van der Waals surface area contributed by atoms with E-state index in [4.69, 9.17) is 0 Å². The van der Waals surface area contributed by atoms with Gasteiger partial charge in [0.1, 0.15) is 5.82 Å².